The summed E-state index contributed by atoms with van der Waals surface area (Å²) in [6, 6.07) is 5.50. The van der Waals surface area contributed by atoms with Gasteiger partial charge in [-0.2, -0.15) is 0 Å². The first kappa shape index (κ1) is 26.0. The highest BCUT2D eigenvalue weighted by Crippen LogP contribution is 2.26. The third-order valence-corrected chi connectivity index (χ3v) is 2.76. The van der Waals surface area contributed by atoms with Gasteiger partial charge in [0.1, 0.15) is 5.75 Å². The minimum atomic E-state index is -0.983. The van der Waals surface area contributed by atoms with Crippen LogP contribution in [0.15, 0.2) is 18.2 Å². The molecule has 1 aliphatic heterocycles. The second-order valence-corrected chi connectivity index (χ2v) is 3.90. The molecule has 21 heavy (non-hydrogen) atoms. The molecule has 0 aromatic heterocycles. The van der Waals surface area contributed by atoms with Crippen molar-refractivity contribution in [3.8, 4) is 5.75 Å². The van der Waals surface area contributed by atoms with E-state index in [1.807, 2.05) is 12.1 Å². The van der Waals surface area contributed by atoms with E-state index in [4.69, 9.17) is 20.2 Å². The van der Waals surface area contributed by atoms with E-state index >= 15 is 0 Å². The van der Waals surface area contributed by atoms with Crippen molar-refractivity contribution in [2.24, 2.45) is 5.73 Å². The predicted octanol–water partition coefficient (Wildman–Crippen LogP) is 0.853. The first-order valence-corrected chi connectivity index (χ1v) is 5.68. The van der Waals surface area contributed by atoms with Gasteiger partial charge < -0.3 is 25.3 Å². The highest BCUT2D eigenvalue weighted by molar-refractivity contribution is 6.62. The number of benzene rings is 1. The van der Waals surface area contributed by atoms with Gasteiger partial charge in [-0.1, -0.05) is 12.1 Å². The summed E-state index contributed by atoms with van der Waals surface area (Å²) >= 11 is 0. The fraction of sp³-hybridized carbons (Fsp3) is 0.455. The summed E-state index contributed by atoms with van der Waals surface area (Å²) in [6.45, 7) is 0.816. The van der Waals surface area contributed by atoms with Gasteiger partial charge in [-0.05, 0) is 11.6 Å². The van der Waals surface area contributed by atoms with Crippen molar-refractivity contribution < 1.29 is 19.5 Å². The molecule has 0 spiro atoms. The summed E-state index contributed by atoms with van der Waals surface area (Å²) in [5, 5.41) is 18.5. The number of hydrogen-bond acceptors (Lipinski definition) is 5. The van der Waals surface area contributed by atoms with Crippen LogP contribution in [0.2, 0.25) is 0 Å². The number of ether oxygens (including phenoxy) is 1. The highest BCUT2D eigenvalue weighted by atomic mass is 35.5. The zero-order valence-corrected chi connectivity index (χ0v) is 14.4. The molecule has 0 saturated heterocycles. The van der Waals surface area contributed by atoms with Crippen LogP contribution in [0.5, 0.6) is 5.75 Å². The SMILES string of the molecule is Cl.Cl.Cl.Cl.NC[C@H]1OB(O)c2c(OCCCO)cccc21. The zero-order chi connectivity index (χ0) is 12.3. The predicted molar refractivity (Wildman–Crippen MR) is 93.1 cm³/mol. The Hall–Kier alpha value is 0.0849. The maximum atomic E-state index is 9.81. The maximum absolute atomic E-state index is 9.81. The Morgan fingerprint density at radius 3 is 2.48 bits per heavy atom. The lowest BCUT2D eigenvalue weighted by Gasteiger charge is -2.11. The summed E-state index contributed by atoms with van der Waals surface area (Å²) in [6.07, 6.45) is 0.280. The van der Waals surface area contributed by atoms with Gasteiger partial charge >= 0.3 is 7.12 Å². The lowest BCUT2D eigenvalue weighted by Crippen LogP contribution is -2.30. The third kappa shape index (κ3) is 6.00. The molecule has 124 valence electrons. The van der Waals surface area contributed by atoms with Gasteiger partial charge in [0.05, 0.1) is 12.7 Å². The molecule has 1 aromatic carbocycles. The lowest BCUT2D eigenvalue weighted by atomic mass is 9.78. The molecular formula is C11H20BCl4NO4. The van der Waals surface area contributed by atoms with Gasteiger partial charge in [0, 0.05) is 25.0 Å². The van der Waals surface area contributed by atoms with Crippen molar-refractivity contribution >= 4 is 62.2 Å². The molecule has 0 unspecified atom stereocenters. The Balaban J connectivity index is -0.000000810. The molecule has 1 heterocycles. The third-order valence-electron chi connectivity index (χ3n) is 2.76. The van der Waals surface area contributed by atoms with Crippen molar-refractivity contribution in [1.82, 2.24) is 0 Å². The van der Waals surface area contributed by atoms with Crippen molar-refractivity contribution in [2.45, 2.75) is 12.5 Å². The van der Waals surface area contributed by atoms with E-state index in [1.54, 1.807) is 6.07 Å². The van der Waals surface area contributed by atoms with Crippen molar-refractivity contribution in [2.75, 3.05) is 19.8 Å². The van der Waals surface area contributed by atoms with Gasteiger partial charge in [-0.25, -0.2) is 0 Å². The first-order chi connectivity index (χ1) is 8.27. The lowest BCUT2D eigenvalue weighted by molar-refractivity contribution is 0.198. The fourth-order valence-corrected chi connectivity index (χ4v) is 1.96. The Labute approximate surface area is 149 Å². The summed E-state index contributed by atoms with van der Waals surface area (Å²) in [4.78, 5) is 0. The Bertz CT molecular complexity index is 402. The molecule has 0 saturated carbocycles. The van der Waals surface area contributed by atoms with E-state index < -0.39 is 7.12 Å². The van der Waals surface area contributed by atoms with Crippen molar-refractivity contribution in [1.29, 1.82) is 0 Å². The molecule has 0 bridgehead atoms. The molecule has 0 fully saturated rings. The monoisotopic (exact) mass is 381 g/mol. The van der Waals surface area contributed by atoms with Crippen LogP contribution in [0, 0.1) is 0 Å². The summed E-state index contributed by atoms with van der Waals surface area (Å²) in [7, 11) is -0.983. The number of hydrogen-bond donors (Lipinski definition) is 3. The molecule has 4 N–H and O–H groups in total. The molecule has 1 aromatic rings. The summed E-state index contributed by atoms with van der Waals surface area (Å²) in [5.74, 6) is 0.597. The molecule has 0 amide bonds. The highest BCUT2D eigenvalue weighted by Gasteiger charge is 2.37. The van der Waals surface area contributed by atoms with E-state index in [2.05, 4.69) is 0 Å². The van der Waals surface area contributed by atoms with Crippen molar-refractivity contribution in [3.05, 3.63) is 23.8 Å². The van der Waals surface area contributed by atoms with Crippen LogP contribution < -0.4 is 15.9 Å². The largest absolute Gasteiger partial charge is 0.495 e. The van der Waals surface area contributed by atoms with Crippen LogP contribution >= 0.6 is 49.6 Å². The summed E-state index contributed by atoms with van der Waals surface area (Å²) < 4.78 is 10.8. The standard InChI is InChI=1S/C11H16BNO4.4ClH/c13-7-10-8-3-1-4-9(16-6-2-5-14)11(8)12(15)17-10;;;;/h1,3-4,10,14-15H,2,5-7,13H2;4*1H/t10-;;;;/m1..../s1. The van der Waals surface area contributed by atoms with Crippen LogP contribution in [0.25, 0.3) is 0 Å². The van der Waals surface area contributed by atoms with E-state index in [1.165, 1.54) is 0 Å². The molecule has 1 atom stereocenters. The quantitative estimate of drug-likeness (QED) is 0.519. The number of fused-ring (bicyclic) bond motifs is 1. The molecule has 2 rings (SSSR count). The normalized spacial score (nSPS) is 14.8. The Morgan fingerprint density at radius 2 is 1.90 bits per heavy atom. The Morgan fingerprint density at radius 1 is 1.24 bits per heavy atom. The van der Waals surface area contributed by atoms with Gasteiger partial charge in [-0.3, -0.25) is 0 Å². The molecule has 1 aliphatic rings. The topological polar surface area (TPSA) is 84.9 Å². The zero-order valence-electron chi connectivity index (χ0n) is 11.1. The minimum absolute atomic E-state index is 0. The van der Waals surface area contributed by atoms with Gasteiger partial charge in [0.25, 0.3) is 0 Å². The molecule has 10 heteroatoms. The number of halogens is 4. The van der Waals surface area contributed by atoms with Gasteiger partial charge in [-0.15, -0.1) is 49.6 Å². The number of nitrogens with two attached hydrogens (primary N) is 1. The average molecular weight is 383 g/mol. The second kappa shape index (κ2) is 12.6. The van der Waals surface area contributed by atoms with Gasteiger partial charge in [0.2, 0.25) is 0 Å². The Kier molecular flexibility index (Phi) is 15.6. The van der Waals surface area contributed by atoms with Crippen LogP contribution in [-0.2, 0) is 4.65 Å². The fourth-order valence-electron chi connectivity index (χ4n) is 1.96. The van der Waals surface area contributed by atoms with E-state index in [9.17, 15) is 5.02 Å². The smallest absolute Gasteiger partial charge is 0.494 e. The average Bonchev–Trinajstić information content (AvgIpc) is 2.68. The maximum Gasteiger partial charge on any atom is 0.495 e. The molecule has 0 radical (unpaired) electrons. The van der Waals surface area contributed by atoms with Crippen LogP contribution in [0.3, 0.4) is 0 Å². The molecule has 5 nitrogen and oxygen atoms in total. The van der Waals surface area contributed by atoms with Crippen LogP contribution in [0.1, 0.15) is 18.1 Å². The van der Waals surface area contributed by atoms with E-state index in [0.29, 0.717) is 30.8 Å². The first-order valence-electron chi connectivity index (χ1n) is 5.68. The van der Waals surface area contributed by atoms with Crippen LogP contribution in [-0.4, -0.2) is 37.0 Å². The van der Waals surface area contributed by atoms with E-state index in [0.717, 1.165) is 5.56 Å². The second-order valence-electron chi connectivity index (χ2n) is 3.90. The van der Waals surface area contributed by atoms with Crippen LogP contribution in [0.4, 0.5) is 0 Å². The minimum Gasteiger partial charge on any atom is -0.494 e. The molecule has 0 aliphatic carbocycles. The van der Waals surface area contributed by atoms with E-state index in [-0.39, 0.29) is 62.3 Å². The number of rotatable bonds is 5. The number of aliphatic hydroxyl groups is 1. The van der Waals surface area contributed by atoms with Crippen molar-refractivity contribution in [3.63, 3.8) is 0 Å². The van der Waals surface area contributed by atoms with Gasteiger partial charge in [0.15, 0.2) is 0 Å². The molecular weight excluding hydrogens is 363 g/mol. The number of aliphatic hydroxyl groups excluding tert-OH is 1. The summed E-state index contributed by atoms with van der Waals surface area (Å²) in [5.41, 5.74) is 7.10.